The molecule has 3 N–H and O–H groups in total. The Labute approximate surface area is 167 Å². The fourth-order valence-electron chi connectivity index (χ4n) is 4.06. The van der Waals surface area contributed by atoms with Gasteiger partial charge < -0.3 is 20.7 Å². The van der Waals surface area contributed by atoms with E-state index in [0.29, 0.717) is 30.5 Å². The molecular weight excluding hydrogens is 354 g/mol. The Hall–Kier alpha value is -2.34. The third kappa shape index (κ3) is 4.73. The summed E-state index contributed by atoms with van der Waals surface area (Å²) in [6.45, 7) is 6.53. The molecule has 2 amide bonds. The summed E-state index contributed by atoms with van der Waals surface area (Å²) in [7, 11) is 0. The molecule has 3 rings (SSSR count). The molecule has 0 bridgehead atoms. The van der Waals surface area contributed by atoms with Gasteiger partial charge >= 0.3 is 12.0 Å². The summed E-state index contributed by atoms with van der Waals surface area (Å²) in [5.74, 6) is -0.388. The first-order valence-electron chi connectivity index (χ1n) is 10.3. The molecule has 28 heavy (non-hydrogen) atoms. The average Bonchev–Trinajstić information content (AvgIpc) is 2.68. The monoisotopic (exact) mass is 385 g/mol. The molecule has 0 spiro atoms. The van der Waals surface area contributed by atoms with Gasteiger partial charge in [0.2, 0.25) is 0 Å². The first-order valence-corrected chi connectivity index (χ1v) is 10.3. The topological polar surface area (TPSA) is 79.5 Å². The van der Waals surface area contributed by atoms with Crippen molar-refractivity contribution in [2.45, 2.75) is 65.0 Å². The zero-order valence-electron chi connectivity index (χ0n) is 17.1. The highest BCUT2D eigenvalue weighted by atomic mass is 16.5. The standard InChI is InChI=1S/C22H31N3O3/c1-4-28-21(26)19-18(13-23-16-8-6-5-7-9-16)24-22(27)25-20(19)17-12-14(2)10-11-15(17)3/h10-12,16,20,23H,4-9,13H2,1-3H3,(H2,24,25,27)/t20-/m0/s1. The van der Waals surface area contributed by atoms with Crippen molar-refractivity contribution in [3.63, 3.8) is 0 Å². The predicted octanol–water partition coefficient (Wildman–Crippen LogP) is 3.40. The Morgan fingerprint density at radius 1 is 1.21 bits per heavy atom. The number of hydrogen-bond acceptors (Lipinski definition) is 4. The van der Waals surface area contributed by atoms with Crippen LogP contribution in [0.3, 0.4) is 0 Å². The van der Waals surface area contributed by atoms with Gasteiger partial charge in [0.15, 0.2) is 0 Å². The van der Waals surface area contributed by atoms with Crippen molar-refractivity contribution in [2.24, 2.45) is 0 Å². The Balaban J connectivity index is 1.95. The lowest BCUT2D eigenvalue weighted by Crippen LogP contribution is -2.49. The molecule has 0 saturated heterocycles. The van der Waals surface area contributed by atoms with Gasteiger partial charge in [-0.05, 0) is 44.7 Å². The summed E-state index contributed by atoms with van der Waals surface area (Å²) >= 11 is 0. The van der Waals surface area contributed by atoms with Crippen LogP contribution >= 0.6 is 0 Å². The summed E-state index contributed by atoms with van der Waals surface area (Å²) in [6, 6.07) is 5.69. The van der Waals surface area contributed by atoms with E-state index in [1.807, 2.05) is 32.0 Å². The molecule has 6 heteroatoms. The summed E-state index contributed by atoms with van der Waals surface area (Å²) in [6.07, 6.45) is 5.99. The number of esters is 1. The van der Waals surface area contributed by atoms with Crippen LogP contribution in [0.25, 0.3) is 0 Å². The van der Waals surface area contributed by atoms with E-state index >= 15 is 0 Å². The molecule has 152 valence electrons. The first kappa shape index (κ1) is 20.4. The van der Waals surface area contributed by atoms with E-state index in [-0.39, 0.29) is 12.0 Å². The SMILES string of the molecule is CCOC(=O)C1=C(CNC2CCCCC2)NC(=O)N[C@H]1c1cc(C)ccc1C. The van der Waals surface area contributed by atoms with Gasteiger partial charge in [0.05, 0.1) is 18.2 Å². The second-order valence-corrected chi connectivity index (χ2v) is 7.72. The molecule has 1 atom stereocenters. The van der Waals surface area contributed by atoms with Gasteiger partial charge in [-0.1, -0.05) is 43.0 Å². The quantitative estimate of drug-likeness (QED) is 0.656. The van der Waals surface area contributed by atoms with Crippen LogP contribution in [0, 0.1) is 13.8 Å². The molecule has 6 nitrogen and oxygen atoms in total. The molecule has 1 saturated carbocycles. The van der Waals surface area contributed by atoms with Gasteiger partial charge in [-0.2, -0.15) is 0 Å². The number of amides is 2. The first-order chi connectivity index (χ1) is 13.5. The minimum atomic E-state index is -0.518. The van der Waals surface area contributed by atoms with Gasteiger partial charge in [-0.15, -0.1) is 0 Å². The van der Waals surface area contributed by atoms with E-state index in [9.17, 15) is 9.59 Å². The van der Waals surface area contributed by atoms with Crippen LogP contribution in [0.1, 0.15) is 61.8 Å². The fourth-order valence-corrected chi connectivity index (χ4v) is 4.06. The molecule has 1 aromatic carbocycles. The smallest absolute Gasteiger partial charge is 0.338 e. The minimum Gasteiger partial charge on any atom is -0.463 e. The summed E-state index contributed by atoms with van der Waals surface area (Å²) in [5.41, 5.74) is 4.13. The molecule has 0 unspecified atom stereocenters. The molecule has 1 aliphatic heterocycles. The van der Waals surface area contributed by atoms with Gasteiger partial charge in [-0.3, -0.25) is 0 Å². The van der Waals surface area contributed by atoms with E-state index < -0.39 is 6.04 Å². The Morgan fingerprint density at radius 3 is 2.68 bits per heavy atom. The number of carbonyl (C=O) groups is 2. The summed E-state index contributed by atoms with van der Waals surface area (Å²) < 4.78 is 5.34. The lowest BCUT2D eigenvalue weighted by Gasteiger charge is -2.31. The van der Waals surface area contributed by atoms with Crippen LogP contribution in [0.4, 0.5) is 4.79 Å². The number of rotatable bonds is 6. The lowest BCUT2D eigenvalue weighted by atomic mass is 9.90. The summed E-state index contributed by atoms with van der Waals surface area (Å²) in [5, 5.41) is 9.30. The highest BCUT2D eigenvalue weighted by molar-refractivity contribution is 5.95. The second-order valence-electron chi connectivity index (χ2n) is 7.72. The summed E-state index contributed by atoms with van der Waals surface area (Å²) in [4.78, 5) is 25.2. The number of benzene rings is 1. The average molecular weight is 386 g/mol. The molecule has 1 heterocycles. The number of ether oxygens (including phenoxy) is 1. The minimum absolute atomic E-state index is 0.291. The van der Waals surface area contributed by atoms with Gasteiger partial charge in [-0.25, -0.2) is 9.59 Å². The fraction of sp³-hybridized carbons (Fsp3) is 0.545. The number of hydrogen-bond donors (Lipinski definition) is 3. The largest absolute Gasteiger partial charge is 0.463 e. The van der Waals surface area contributed by atoms with Crippen molar-refractivity contribution < 1.29 is 14.3 Å². The molecular formula is C22H31N3O3. The molecule has 1 fully saturated rings. The van der Waals surface area contributed by atoms with E-state index in [1.165, 1.54) is 19.3 Å². The number of aryl methyl sites for hydroxylation is 2. The van der Waals surface area contributed by atoms with Crippen LogP contribution in [0.2, 0.25) is 0 Å². The van der Waals surface area contributed by atoms with Crippen LogP contribution < -0.4 is 16.0 Å². The highest BCUT2D eigenvalue weighted by Gasteiger charge is 2.34. The van der Waals surface area contributed by atoms with Crippen molar-refractivity contribution >= 4 is 12.0 Å². The lowest BCUT2D eigenvalue weighted by molar-refractivity contribution is -0.139. The van der Waals surface area contributed by atoms with Gasteiger partial charge in [0.25, 0.3) is 0 Å². The van der Waals surface area contributed by atoms with E-state index in [0.717, 1.165) is 29.5 Å². The highest BCUT2D eigenvalue weighted by Crippen LogP contribution is 2.30. The molecule has 1 aromatic rings. The van der Waals surface area contributed by atoms with Crippen LogP contribution in [-0.2, 0) is 9.53 Å². The van der Waals surface area contributed by atoms with Crippen molar-refractivity contribution in [1.82, 2.24) is 16.0 Å². The maximum atomic E-state index is 12.8. The van der Waals surface area contributed by atoms with E-state index in [1.54, 1.807) is 6.92 Å². The second kappa shape index (κ2) is 9.24. The number of urea groups is 1. The van der Waals surface area contributed by atoms with E-state index in [4.69, 9.17) is 4.74 Å². The maximum Gasteiger partial charge on any atom is 0.338 e. The molecule has 0 aromatic heterocycles. The number of nitrogens with one attached hydrogen (secondary N) is 3. The Morgan fingerprint density at radius 2 is 1.96 bits per heavy atom. The van der Waals surface area contributed by atoms with Crippen molar-refractivity contribution in [1.29, 1.82) is 0 Å². The Kier molecular flexibility index (Phi) is 6.73. The zero-order chi connectivity index (χ0) is 20.1. The third-order valence-electron chi connectivity index (χ3n) is 5.57. The third-order valence-corrected chi connectivity index (χ3v) is 5.57. The zero-order valence-corrected chi connectivity index (χ0v) is 17.1. The molecule has 0 radical (unpaired) electrons. The maximum absolute atomic E-state index is 12.8. The molecule has 2 aliphatic rings. The predicted molar refractivity (Wildman–Crippen MR) is 109 cm³/mol. The molecule has 1 aliphatic carbocycles. The van der Waals surface area contributed by atoms with Crippen LogP contribution in [-0.4, -0.2) is 31.2 Å². The van der Waals surface area contributed by atoms with Crippen molar-refractivity contribution in [3.8, 4) is 0 Å². The normalized spacial score (nSPS) is 20.5. The van der Waals surface area contributed by atoms with Gasteiger partial charge in [0.1, 0.15) is 0 Å². The van der Waals surface area contributed by atoms with E-state index in [2.05, 4.69) is 16.0 Å². The number of carbonyl (C=O) groups excluding carboxylic acids is 2. The van der Waals surface area contributed by atoms with Crippen molar-refractivity contribution in [3.05, 3.63) is 46.2 Å². The van der Waals surface area contributed by atoms with Crippen LogP contribution in [0.5, 0.6) is 0 Å². The van der Waals surface area contributed by atoms with Gasteiger partial charge in [0, 0.05) is 18.3 Å². The van der Waals surface area contributed by atoms with Crippen molar-refractivity contribution in [2.75, 3.05) is 13.2 Å². The Bertz CT molecular complexity index is 766. The van der Waals surface area contributed by atoms with Crippen LogP contribution in [0.15, 0.2) is 29.5 Å².